The van der Waals surface area contributed by atoms with E-state index in [1.807, 2.05) is 0 Å². The average Bonchev–Trinajstić information content (AvgIpc) is 2.47. The van der Waals surface area contributed by atoms with Crippen LogP contribution in [0.5, 0.6) is 5.75 Å². The average molecular weight is 327 g/mol. The summed E-state index contributed by atoms with van der Waals surface area (Å²) in [5.41, 5.74) is -0.184. The number of benzene rings is 1. The van der Waals surface area contributed by atoms with E-state index < -0.39 is 12.5 Å². The van der Waals surface area contributed by atoms with Gasteiger partial charge in [-0.25, -0.2) is 4.98 Å². The van der Waals surface area contributed by atoms with E-state index in [1.54, 1.807) is 6.07 Å². The molecule has 0 fully saturated rings. The van der Waals surface area contributed by atoms with Crippen molar-refractivity contribution in [3.05, 3.63) is 46.9 Å². The van der Waals surface area contributed by atoms with Crippen LogP contribution in [0, 0.1) is 0 Å². The molecule has 0 bridgehead atoms. The van der Waals surface area contributed by atoms with Crippen LogP contribution in [0.1, 0.15) is 0 Å². The quantitative estimate of drug-likeness (QED) is 0.627. The number of hydrogen-bond donors (Lipinski definition) is 2. The van der Waals surface area contributed by atoms with Gasteiger partial charge < -0.3 is 15.0 Å². The van der Waals surface area contributed by atoms with E-state index >= 15 is 0 Å². The van der Waals surface area contributed by atoms with Gasteiger partial charge in [-0.15, -0.1) is 0 Å². The van der Waals surface area contributed by atoms with Crippen LogP contribution in [-0.2, 0) is 4.79 Å². The first-order valence-electron chi connectivity index (χ1n) is 6.06. The molecule has 0 aliphatic rings. The maximum atomic E-state index is 12.3. The Morgan fingerprint density at radius 1 is 1.36 bits per heavy atom. The van der Waals surface area contributed by atoms with Gasteiger partial charge in [-0.05, 0) is 12.1 Å². The lowest BCUT2D eigenvalue weighted by Gasteiger charge is -2.11. The number of thioether (sulfide) groups is 1. The van der Waals surface area contributed by atoms with Gasteiger partial charge in [-0.2, -0.15) is 8.78 Å². The first-order valence-corrected chi connectivity index (χ1v) is 7.05. The Hall–Kier alpha value is -2.42. The molecule has 116 valence electrons. The highest BCUT2D eigenvalue weighted by Crippen LogP contribution is 2.25. The fraction of sp³-hybridized carbons (Fsp3) is 0.154. The number of aromatic nitrogens is 2. The number of rotatable bonds is 6. The first kappa shape index (κ1) is 16.0. The van der Waals surface area contributed by atoms with Gasteiger partial charge >= 0.3 is 6.61 Å². The molecule has 0 spiro atoms. The third-order valence-corrected chi connectivity index (χ3v) is 3.25. The summed E-state index contributed by atoms with van der Waals surface area (Å²) in [6.07, 6.45) is 1.32. The molecule has 2 rings (SSSR count). The van der Waals surface area contributed by atoms with Crippen molar-refractivity contribution in [3.8, 4) is 5.75 Å². The zero-order chi connectivity index (χ0) is 15.9. The Labute approximate surface area is 127 Å². The Morgan fingerprint density at radius 3 is 2.86 bits per heavy atom. The van der Waals surface area contributed by atoms with Crippen LogP contribution >= 0.6 is 11.8 Å². The molecule has 2 N–H and O–H groups in total. The molecule has 1 heterocycles. The van der Waals surface area contributed by atoms with Crippen molar-refractivity contribution in [1.82, 2.24) is 9.97 Å². The van der Waals surface area contributed by atoms with Crippen molar-refractivity contribution in [3.63, 3.8) is 0 Å². The van der Waals surface area contributed by atoms with Gasteiger partial charge in [0, 0.05) is 12.3 Å². The summed E-state index contributed by atoms with van der Waals surface area (Å²) in [4.78, 5) is 29.2. The number of anilines is 1. The fourth-order valence-electron chi connectivity index (χ4n) is 1.51. The van der Waals surface area contributed by atoms with E-state index in [9.17, 15) is 18.4 Å². The second-order valence-corrected chi connectivity index (χ2v) is 4.91. The van der Waals surface area contributed by atoms with Crippen molar-refractivity contribution >= 4 is 23.4 Å². The second kappa shape index (κ2) is 7.55. The number of halogens is 2. The number of para-hydroxylation sites is 2. The normalized spacial score (nSPS) is 10.5. The highest BCUT2D eigenvalue weighted by atomic mass is 32.2. The van der Waals surface area contributed by atoms with Crippen LogP contribution in [-0.4, -0.2) is 28.2 Å². The summed E-state index contributed by atoms with van der Waals surface area (Å²) in [5, 5.41) is 2.75. The summed E-state index contributed by atoms with van der Waals surface area (Å²) in [5.74, 6) is -0.611. The number of H-pyrrole nitrogens is 1. The molecule has 9 heteroatoms. The number of amides is 1. The van der Waals surface area contributed by atoms with Crippen LogP contribution in [0.15, 0.2) is 46.5 Å². The highest BCUT2D eigenvalue weighted by Gasteiger charge is 2.12. The van der Waals surface area contributed by atoms with Crippen LogP contribution in [0.4, 0.5) is 14.5 Å². The van der Waals surface area contributed by atoms with E-state index in [2.05, 4.69) is 20.0 Å². The van der Waals surface area contributed by atoms with Crippen molar-refractivity contribution in [1.29, 1.82) is 0 Å². The molecule has 0 unspecified atom stereocenters. The van der Waals surface area contributed by atoms with Gasteiger partial charge in [0.15, 0.2) is 5.16 Å². The molecule has 1 amide bonds. The predicted octanol–water partition coefficient (Wildman–Crippen LogP) is 2.10. The predicted molar refractivity (Wildman–Crippen MR) is 77.3 cm³/mol. The summed E-state index contributed by atoms with van der Waals surface area (Å²) < 4.78 is 28.8. The van der Waals surface area contributed by atoms with E-state index in [0.29, 0.717) is 5.16 Å². The number of carbonyl (C=O) groups is 1. The zero-order valence-electron chi connectivity index (χ0n) is 11.1. The van der Waals surface area contributed by atoms with E-state index in [1.165, 1.54) is 30.5 Å². The molecule has 2 aromatic rings. The summed E-state index contributed by atoms with van der Waals surface area (Å²) in [6.45, 7) is -2.98. The van der Waals surface area contributed by atoms with Crippen LogP contribution < -0.4 is 15.6 Å². The minimum atomic E-state index is -2.98. The number of aromatic amines is 1. The number of alkyl halides is 2. The van der Waals surface area contributed by atoms with Gasteiger partial charge in [0.05, 0.1) is 11.4 Å². The van der Waals surface area contributed by atoms with E-state index in [4.69, 9.17) is 0 Å². The lowest BCUT2D eigenvalue weighted by Crippen LogP contribution is -2.16. The molecule has 0 saturated heterocycles. The Morgan fingerprint density at radius 2 is 2.14 bits per heavy atom. The van der Waals surface area contributed by atoms with Gasteiger partial charge in [0.1, 0.15) is 5.75 Å². The second-order valence-electron chi connectivity index (χ2n) is 3.95. The Bertz CT molecular complexity index is 709. The summed E-state index contributed by atoms with van der Waals surface area (Å²) >= 11 is 1.01. The Kier molecular flexibility index (Phi) is 5.48. The van der Waals surface area contributed by atoms with E-state index in [0.717, 1.165) is 11.8 Å². The Balaban J connectivity index is 1.96. The lowest BCUT2D eigenvalue weighted by atomic mass is 10.3. The smallest absolute Gasteiger partial charge is 0.387 e. The highest BCUT2D eigenvalue weighted by molar-refractivity contribution is 7.99. The molecule has 1 aromatic carbocycles. The van der Waals surface area contributed by atoms with Crippen molar-refractivity contribution in [2.75, 3.05) is 11.1 Å². The number of nitrogens with zero attached hydrogens (tertiary/aromatic N) is 1. The summed E-state index contributed by atoms with van der Waals surface area (Å²) in [7, 11) is 0. The third-order valence-electron chi connectivity index (χ3n) is 2.37. The maximum absolute atomic E-state index is 12.3. The minimum absolute atomic E-state index is 0.0457. The molecule has 0 atom stereocenters. The maximum Gasteiger partial charge on any atom is 0.387 e. The van der Waals surface area contributed by atoms with Gasteiger partial charge in [0.2, 0.25) is 5.91 Å². The molecular formula is C13H11F2N3O3S. The molecule has 0 aliphatic heterocycles. The van der Waals surface area contributed by atoms with Gasteiger partial charge in [0.25, 0.3) is 5.56 Å². The van der Waals surface area contributed by atoms with Gasteiger partial charge in [-0.3, -0.25) is 9.59 Å². The molecule has 6 nitrogen and oxygen atoms in total. The summed E-state index contributed by atoms with van der Waals surface area (Å²) in [6, 6.07) is 7.12. The number of carbonyl (C=O) groups excluding carboxylic acids is 1. The van der Waals surface area contributed by atoms with Crippen LogP contribution in [0.2, 0.25) is 0 Å². The third kappa shape index (κ3) is 4.85. The van der Waals surface area contributed by atoms with Gasteiger partial charge in [-0.1, -0.05) is 23.9 Å². The topological polar surface area (TPSA) is 84.1 Å². The van der Waals surface area contributed by atoms with Crippen molar-refractivity contribution in [2.24, 2.45) is 0 Å². The van der Waals surface area contributed by atoms with E-state index in [-0.39, 0.29) is 22.7 Å². The molecule has 0 aliphatic carbocycles. The fourth-order valence-corrected chi connectivity index (χ4v) is 2.16. The molecule has 22 heavy (non-hydrogen) atoms. The van der Waals surface area contributed by atoms with Crippen LogP contribution in [0.3, 0.4) is 0 Å². The lowest BCUT2D eigenvalue weighted by molar-refractivity contribution is -0.113. The minimum Gasteiger partial charge on any atom is -0.433 e. The van der Waals surface area contributed by atoms with Crippen molar-refractivity contribution < 1.29 is 18.3 Å². The number of hydrogen-bond acceptors (Lipinski definition) is 5. The zero-order valence-corrected chi connectivity index (χ0v) is 11.9. The molecule has 0 saturated carbocycles. The molecule has 0 radical (unpaired) electrons. The number of nitrogens with one attached hydrogen (secondary N) is 2. The standard InChI is InChI=1S/C13H11F2N3O3S/c14-12(15)21-9-4-2-1-3-8(9)17-11(20)7-22-13-16-6-5-10(19)18-13/h1-6,12H,7H2,(H,17,20)(H,16,18,19). The monoisotopic (exact) mass is 327 g/mol. The SMILES string of the molecule is O=C(CSc1nccc(=O)[nH]1)Nc1ccccc1OC(F)F. The first-order chi connectivity index (χ1) is 10.5. The molecular weight excluding hydrogens is 316 g/mol. The number of ether oxygens (including phenoxy) is 1. The van der Waals surface area contributed by atoms with Crippen molar-refractivity contribution in [2.45, 2.75) is 11.8 Å². The molecule has 1 aromatic heterocycles. The largest absolute Gasteiger partial charge is 0.433 e. The van der Waals surface area contributed by atoms with Crippen LogP contribution in [0.25, 0.3) is 0 Å².